The molecule has 0 spiro atoms. The molecule has 7 fully saturated rings. The van der Waals surface area contributed by atoms with Crippen LogP contribution in [0, 0.1) is 56.2 Å². The second-order valence-electron chi connectivity index (χ2n) is 26.6. The molecule has 0 aromatic heterocycles. The minimum atomic E-state index is -2.11. The van der Waals surface area contributed by atoms with Crippen molar-refractivity contribution >= 4 is 17.9 Å². The molecule has 11 N–H and O–H groups in total. The third-order valence-electron chi connectivity index (χ3n) is 21.2. The van der Waals surface area contributed by atoms with Crippen molar-refractivity contribution in [1.82, 2.24) is 0 Å². The molecule has 0 unspecified atom stereocenters. The van der Waals surface area contributed by atoms with Crippen LogP contribution in [0.1, 0.15) is 118 Å². The van der Waals surface area contributed by atoms with Crippen molar-refractivity contribution in [3.05, 3.63) is 47.5 Å². The number of benzene rings is 1. The summed E-state index contributed by atoms with van der Waals surface area (Å²) in [6.07, 6.45) is -23.8. The lowest BCUT2D eigenvalue weighted by molar-refractivity contribution is -0.392. The Labute approximate surface area is 466 Å². The van der Waals surface area contributed by atoms with E-state index in [1.165, 1.54) is 0 Å². The highest BCUT2D eigenvalue weighted by atomic mass is 16.8. The number of carbonyl (C=O) groups excluding carboxylic acids is 2. The number of carboxylic acid groups (broad SMARTS) is 1. The minimum absolute atomic E-state index is 0.0237. The Balaban J connectivity index is 1.03. The van der Waals surface area contributed by atoms with E-state index in [0.717, 1.165) is 5.57 Å². The zero-order valence-corrected chi connectivity index (χ0v) is 47.1. The molecule has 0 bridgehead atoms. The number of esters is 2. The molecule has 0 amide bonds. The zero-order chi connectivity index (χ0) is 58.6. The third kappa shape index (κ3) is 9.88. The van der Waals surface area contributed by atoms with E-state index in [2.05, 4.69) is 40.7 Å². The van der Waals surface area contributed by atoms with E-state index in [0.29, 0.717) is 44.1 Å². The van der Waals surface area contributed by atoms with E-state index in [-0.39, 0.29) is 23.7 Å². The van der Waals surface area contributed by atoms with Crippen LogP contribution in [-0.4, -0.2) is 204 Å². The van der Waals surface area contributed by atoms with Gasteiger partial charge in [0.05, 0.1) is 48.9 Å². The number of aliphatic carboxylic acids is 1. The largest absolute Gasteiger partial charge is 0.479 e. The number of hydrogen-bond acceptors (Lipinski definition) is 21. The van der Waals surface area contributed by atoms with E-state index in [1.807, 2.05) is 13.8 Å². The number of aliphatic hydroxyl groups is 10. The van der Waals surface area contributed by atoms with Gasteiger partial charge in [-0.1, -0.05) is 92.2 Å². The average Bonchev–Trinajstić information content (AvgIpc) is 3.43. The Bertz CT molecular complexity index is 2440. The predicted molar refractivity (Wildman–Crippen MR) is 277 cm³/mol. The first kappa shape index (κ1) is 61.3. The fraction of sp³-hybridized carbons (Fsp3) is 0.810. The van der Waals surface area contributed by atoms with Crippen molar-refractivity contribution in [3.63, 3.8) is 0 Å². The van der Waals surface area contributed by atoms with Gasteiger partial charge in [-0.05, 0) is 96.5 Å². The first-order valence-corrected chi connectivity index (χ1v) is 28.4. The second kappa shape index (κ2) is 22.3. The van der Waals surface area contributed by atoms with Gasteiger partial charge in [0, 0.05) is 5.41 Å². The molecule has 4 saturated carbocycles. The molecule has 25 atom stereocenters. The first-order chi connectivity index (χ1) is 37.4. The number of ether oxygens (including phenoxy) is 8. The van der Waals surface area contributed by atoms with Crippen LogP contribution in [0.4, 0.5) is 0 Å². The highest BCUT2D eigenvalue weighted by Crippen LogP contribution is 2.76. The predicted octanol–water partition coefficient (Wildman–Crippen LogP) is 1.33. The summed E-state index contributed by atoms with van der Waals surface area (Å²) in [6, 6.07) is 8.52. The smallest absolute Gasteiger partial charge is 0.338 e. The molecule has 3 aliphatic heterocycles. The van der Waals surface area contributed by atoms with Crippen LogP contribution >= 0.6 is 0 Å². The van der Waals surface area contributed by atoms with Crippen LogP contribution in [-0.2, 0) is 47.5 Å². The number of fused-ring (bicyclic) bond motifs is 7. The summed E-state index contributed by atoms with van der Waals surface area (Å²) in [7, 11) is 0. The van der Waals surface area contributed by atoms with Crippen LogP contribution in [0.3, 0.4) is 0 Å². The maximum absolute atomic E-state index is 13.9. The molecular formula is C58H86O22. The van der Waals surface area contributed by atoms with Crippen molar-refractivity contribution in [2.45, 2.75) is 218 Å². The van der Waals surface area contributed by atoms with Gasteiger partial charge in [0.1, 0.15) is 73.2 Å². The molecule has 5 aliphatic carbocycles. The Morgan fingerprint density at radius 2 is 1.36 bits per heavy atom. The van der Waals surface area contributed by atoms with Crippen LogP contribution in [0.15, 0.2) is 42.0 Å². The average molecular weight is 1140 g/mol. The van der Waals surface area contributed by atoms with Gasteiger partial charge in [0.2, 0.25) is 0 Å². The van der Waals surface area contributed by atoms with Gasteiger partial charge in [-0.25, -0.2) is 9.59 Å². The number of carboxylic acids is 1. The maximum Gasteiger partial charge on any atom is 0.338 e. The van der Waals surface area contributed by atoms with Gasteiger partial charge in [0.25, 0.3) is 0 Å². The van der Waals surface area contributed by atoms with Crippen molar-refractivity contribution < 1.29 is 108 Å². The summed E-state index contributed by atoms with van der Waals surface area (Å²) in [5.41, 5.74) is -3.07. The van der Waals surface area contributed by atoms with E-state index in [1.54, 1.807) is 44.2 Å². The summed E-state index contributed by atoms with van der Waals surface area (Å²) >= 11 is 0. The molecule has 3 heterocycles. The summed E-state index contributed by atoms with van der Waals surface area (Å²) < 4.78 is 49.3. The fourth-order valence-corrected chi connectivity index (χ4v) is 16.5. The number of rotatable bonds is 13. The Morgan fingerprint density at radius 3 is 2.00 bits per heavy atom. The molecule has 1 aromatic carbocycles. The summed E-state index contributed by atoms with van der Waals surface area (Å²) in [4.78, 5) is 40.5. The fourth-order valence-electron chi connectivity index (χ4n) is 16.5. The summed E-state index contributed by atoms with van der Waals surface area (Å²) in [5, 5.41) is 121. The quantitative estimate of drug-likeness (QED) is 0.0754. The minimum Gasteiger partial charge on any atom is -0.479 e. The number of aliphatic hydroxyl groups excluding tert-OH is 10. The first-order valence-electron chi connectivity index (χ1n) is 28.4. The topological polar surface area (TPSA) is 348 Å². The van der Waals surface area contributed by atoms with E-state index >= 15 is 0 Å². The zero-order valence-electron chi connectivity index (χ0n) is 47.1. The Hall–Kier alpha value is -3.27. The van der Waals surface area contributed by atoms with E-state index in [9.17, 15) is 70.6 Å². The van der Waals surface area contributed by atoms with Crippen molar-refractivity contribution in [2.24, 2.45) is 56.2 Å². The highest BCUT2D eigenvalue weighted by molar-refractivity contribution is 5.89. The van der Waals surface area contributed by atoms with Gasteiger partial charge < -0.3 is 94.1 Å². The molecule has 450 valence electrons. The van der Waals surface area contributed by atoms with Crippen molar-refractivity contribution in [3.8, 4) is 0 Å². The van der Waals surface area contributed by atoms with Gasteiger partial charge in [-0.15, -0.1) is 0 Å². The molecule has 3 saturated heterocycles. The molecular weight excluding hydrogens is 1050 g/mol. The molecule has 22 nitrogen and oxygen atoms in total. The molecule has 22 heteroatoms. The van der Waals surface area contributed by atoms with Gasteiger partial charge >= 0.3 is 17.9 Å². The maximum atomic E-state index is 13.9. The summed E-state index contributed by atoms with van der Waals surface area (Å²) in [6.45, 7) is 16.4. The normalized spacial score (nSPS) is 47.8. The van der Waals surface area contributed by atoms with Gasteiger partial charge in [0.15, 0.2) is 25.0 Å². The Morgan fingerprint density at radius 1 is 0.700 bits per heavy atom. The summed E-state index contributed by atoms with van der Waals surface area (Å²) in [5.74, 6) is -3.89. The van der Waals surface area contributed by atoms with Crippen molar-refractivity contribution in [1.29, 1.82) is 0 Å². The molecule has 9 rings (SSSR count). The molecule has 0 radical (unpaired) electrons. The molecule has 80 heavy (non-hydrogen) atoms. The molecule has 8 aliphatic rings. The SMILES string of the molecule is CC(C)C(=O)O[C@H]1[C@H](OC(=O)c2ccccc2)C(C)(C)C[C@H]2C3=CC[C@@H]4[C@@]5(C)CC[C@H](O[C@@H]6O[C@H](C(=O)O)[C@@H](O)[C@H](O[C@@H]7OC[C@@H](O)[C@H](O)[C@H]7O)[C@H]6O[C@@H]6O[C@H](CO)[C@H](O)[C@H](O)[C@H]6O)C(C)(C)[C@@H]5CC[C@@]4(C)[C@]3(C)C[C@@H](O)[C@]21CO. The van der Waals surface area contributed by atoms with E-state index in [4.69, 9.17) is 37.9 Å². The second-order valence-corrected chi connectivity index (χ2v) is 26.6. The highest BCUT2D eigenvalue weighted by Gasteiger charge is 2.74. The standard InChI is InChI=1S/C58H86O22/c1-26(2)48(71)80-46-45(79-49(72)27-13-11-10-12-14-27)53(3,4)21-29-28-15-16-33-55(7)19-18-35(54(5,6)32(55)17-20-56(33,8)57(28,9)22-34(62)58(29,46)25-60)75-52-44(78-51-40(67)38(65)37(64)31(23-59)74-51)42(41(68)43(77-52)47(69)70)76-50-39(66)36(63)30(61)24-73-50/h10-15,26,29-46,50-52,59-68H,16-25H2,1-9H3,(H,69,70)/t29-,30+,31+,32-,33+,34+,35-,36-,37-,38-,39+,40+,41-,42-,43-,44+,45-,46-,50-,51-,52+,55-,56+,57+,58-/m0/s1. The monoisotopic (exact) mass is 1130 g/mol. The number of allylic oxidation sites excluding steroid dienone is 2. The lowest BCUT2D eigenvalue weighted by Crippen LogP contribution is -2.72. The third-order valence-corrected chi connectivity index (χ3v) is 21.2. The van der Waals surface area contributed by atoms with Gasteiger partial charge in [-0.2, -0.15) is 0 Å². The Kier molecular flexibility index (Phi) is 17.1. The lowest BCUT2D eigenvalue weighted by atomic mass is 9.33. The van der Waals surface area contributed by atoms with Crippen LogP contribution in [0.25, 0.3) is 0 Å². The number of carbonyl (C=O) groups is 3. The van der Waals surface area contributed by atoms with E-state index < -0.39 is 187 Å². The number of hydrogen-bond donors (Lipinski definition) is 11. The van der Waals surface area contributed by atoms with Gasteiger partial charge in [-0.3, -0.25) is 4.79 Å². The lowest BCUT2D eigenvalue weighted by Gasteiger charge is -2.72. The van der Waals surface area contributed by atoms with Crippen molar-refractivity contribution in [2.75, 3.05) is 19.8 Å². The van der Waals surface area contributed by atoms with Crippen LogP contribution < -0.4 is 0 Å². The van der Waals surface area contributed by atoms with Crippen LogP contribution in [0.2, 0.25) is 0 Å². The van der Waals surface area contributed by atoms with Crippen LogP contribution in [0.5, 0.6) is 0 Å². The molecule has 1 aromatic rings.